The van der Waals surface area contributed by atoms with Crippen molar-refractivity contribution in [2.24, 2.45) is 5.73 Å². The maximum atomic E-state index is 6.30. The lowest BCUT2D eigenvalue weighted by Crippen LogP contribution is -2.31. The highest BCUT2D eigenvalue weighted by Gasteiger charge is 2.19. The van der Waals surface area contributed by atoms with E-state index >= 15 is 0 Å². The highest BCUT2D eigenvalue weighted by atomic mass is 16.5. The zero-order chi connectivity index (χ0) is 11.2. The zero-order valence-corrected chi connectivity index (χ0v) is 10.3. The molecule has 0 saturated carbocycles. The minimum Gasteiger partial charge on any atom is -0.378 e. The van der Waals surface area contributed by atoms with Gasteiger partial charge in [-0.1, -0.05) is 18.1 Å². The zero-order valence-electron chi connectivity index (χ0n) is 10.3. The highest BCUT2D eigenvalue weighted by molar-refractivity contribution is 5.11. The predicted octanol–water partition coefficient (Wildman–Crippen LogP) is 3.16. The van der Waals surface area contributed by atoms with E-state index in [4.69, 9.17) is 10.5 Å². The van der Waals surface area contributed by atoms with Gasteiger partial charge in [-0.05, 0) is 51.4 Å². The van der Waals surface area contributed by atoms with Gasteiger partial charge in [0.2, 0.25) is 0 Å². The van der Waals surface area contributed by atoms with Gasteiger partial charge < -0.3 is 10.5 Å². The molecular weight excluding hydrogens is 198 g/mol. The molecule has 0 radical (unpaired) electrons. The Bertz CT molecular complexity index is 231. The van der Waals surface area contributed by atoms with Crippen LogP contribution in [0.25, 0.3) is 0 Å². The first kappa shape index (κ1) is 12.1. The van der Waals surface area contributed by atoms with E-state index in [0.717, 1.165) is 13.0 Å². The van der Waals surface area contributed by atoms with Crippen molar-refractivity contribution in [2.45, 2.75) is 69.9 Å². The molecule has 0 amide bonds. The topological polar surface area (TPSA) is 35.2 Å². The minimum atomic E-state index is 0.251. The first-order chi connectivity index (χ1) is 7.86. The summed E-state index contributed by atoms with van der Waals surface area (Å²) in [6.45, 7) is 0.941. The van der Waals surface area contributed by atoms with Gasteiger partial charge in [-0.2, -0.15) is 0 Å². The quantitative estimate of drug-likeness (QED) is 0.746. The first-order valence-electron chi connectivity index (χ1n) is 6.92. The van der Waals surface area contributed by atoms with E-state index in [1.165, 1.54) is 56.9 Å². The smallest absolute Gasteiger partial charge is 0.0593 e. The van der Waals surface area contributed by atoms with E-state index in [1.54, 1.807) is 0 Å². The number of allylic oxidation sites excluding steroid dienone is 1. The SMILES string of the molecule is NC(CC1CCCCO1)C1=CCCCCC1. The van der Waals surface area contributed by atoms with Crippen LogP contribution in [-0.4, -0.2) is 18.8 Å². The summed E-state index contributed by atoms with van der Waals surface area (Å²) in [7, 11) is 0. The van der Waals surface area contributed by atoms with E-state index in [2.05, 4.69) is 6.08 Å². The molecule has 2 rings (SSSR count). The Morgan fingerprint density at radius 2 is 2.19 bits per heavy atom. The molecule has 2 aliphatic rings. The van der Waals surface area contributed by atoms with Crippen LogP contribution in [0, 0.1) is 0 Å². The van der Waals surface area contributed by atoms with Gasteiger partial charge in [0.15, 0.2) is 0 Å². The molecule has 0 aromatic carbocycles. The van der Waals surface area contributed by atoms with Crippen molar-refractivity contribution < 1.29 is 4.74 Å². The van der Waals surface area contributed by atoms with Crippen molar-refractivity contribution in [1.82, 2.24) is 0 Å². The van der Waals surface area contributed by atoms with Crippen LogP contribution in [-0.2, 0) is 4.74 Å². The Morgan fingerprint density at radius 3 is 3.00 bits per heavy atom. The minimum absolute atomic E-state index is 0.251. The van der Waals surface area contributed by atoms with Gasteiger partial charge in [-0.15, -0.1) is 0 Å². The molecule has 1 fully saturated rings. The Hall–Kier alpha value is -0.340. The van der Waals surface area contributed by atoms with Crippen LogP contribution in [0.1, 0.15) is 57.8 Å². The van der Waals surface area contributed by atoms with E-state index < -0.39 is 0 Å². The van der Waals surface area contributed by atoms with Gasteiger partial charge in [-0.25, -0.2) is 0 Å². The Labute approximate surface area is 99.2 Å². The van der Waals surface area contributed by atoms with Gasteiger partial charge in [-0.3, -0.25) is 0 Å². The molecule has 1 heterocycles. The number of nitrogens with two attached hydrogens (primary N) is 1. The van der Waals surface area contributed by atoms with Gasteiger partial charge >= 0.3 is 0 Å². The van der Waals surface area contributed by atoms with Crippen LogP contribution in [0.3, 0.4) is 0 Å². The van der Waals surface area contributed by atoms with E-state index in [1.807, 2.05) is 0 Å². The monoisotopic (exact) mass is 223 g/mol. The Balaban J connectivity index is 1.80. The maximum Gasteiger partial charge on any atom is 0.0593 e. The number of hydrogen-bond donors (Lipinski definition) is 1. The summed E-state index contributed by atoms with van der Waals surface area (Å²) in [5, 5.41) is 0. The van der Waals surface area contributed by atoms with E-state index in [-0.39, 0.29) is 6.04 Å². The molecule has 2 N–H and O–H groups in total. The van der Waals surface area contributed by atoms with Crippen LogP contribution in [0.2, 0.25) is 0 Å². The molecule has 1 saturated heterocycles. The van der Waals surface area contributed by atoms with Crippen LogP contribution in [0.4, 0.5) is 0 Å². The van der Waals surface area contributed by atoms with Gasteiger partial charge in [0.25, 0.3) is 0 Å². The van der Waals surface area contributed by atoms with Crippen molar-refractivity contribution >= 4 is 0 Å². The first-order valence-corrected chi connectivity index (χ1v) is 6.92. The van der Waals surface area contributed by atoms with Gasteiger partial charge in [0.05, 0.1) is 6.10 Å². The molecule has 16 heavy (non-hydrogen) atoms. The lowest BCUT2D eigenvalue weighted by atomic mass is 9.95. The van der Waals surface area contributed by atoms with Crippen molar-refractivity contribution in [3.8, 4) is 0 Å². The second-order valence-electron chi connectivity index (χ2n) is 5.21. The van der Waals surface area contributed by atoms with Crippen LogP contribution < -0.4 is 5.73 Å². The molecule has 1 aliphatic carbocycles. The fraction of sp³-hybridized carbons (Fsp3) is 0.857. The second kappa shape index (κ2) is 6.41. The van der Waals surface area contributed by atoms with Gasteiger partial charge in [0.1, 0.15) is 0 Å². The molecule has 2 nitrogen and oxygen atoms in total. The fourth-order valence-electron chi connectivity index (χ4n) is 2.80. The summed E-state index contributed by atoms with van der Waals surface area (Å²) in [4.78, 5) is 0. The summed E-state index contributed by atoms with van der Waals surface area (Å²) < 4.78 is 5.76. The summed E-state index contributed by atoms with van der Waals surface area (Å²) in [6.07, 6.45) is 14.1. The fourth-order valence-corrected chi connectivity index (χ4v) is 2.80. The average molecular weight is 223 g/mol. The molecule has 0 aromatic heterocycles. The second-order valence-corrected chi connectivity index (χ2v) is 5.21. The third-order valence-corrected chi connectivity index (χ3v) is 3.84. The van der Waals surface area contributed by atoms with E-state index in [0.29, 0.717) is 6.10 Å². The lowest BCUT2D eigenvalue weighted by molar-refractivity contribution is 0.00900. The molecule has 2 atom stereocenters. The normalized spacial score (nSPS) is 29.3. The summed E-state index contributed by atoms with van der Waals surface area (Å²) >= 11 is 0. The molecule has 0 spiro atoms. The number of hydrogen-bond acceptors (Lipinski definition) is 2. The Morgan fingerprint density at radius 1 is 1.25 bits per heavy atom. The standard InChI is InChI=1S/C14H25NO/c15-14(11-13-9-5-6-10-16-13)12-7-3-1-2-4-8-12/h7,13-14H,1-6,8-11,15H2. The summed E-state index contributed by atoms with van der Waals surface area (Å²) in [5.74, 6) is 0. The summed E-state index contributed by atoms with van der Waals surface area (Å²) in [6, 6.07) is 0.251. The van der Waals surface area contributed by atoms with Crippen molar-refractivity contribution in [3.05, 3.63) is 11.6 Å². The van der Waals surface area contributed by atoms with Crippen molar-refractivity contribution in [1.29, 1.82) is 0 Å². The molecule has 2 heteroatoms. The number of ether oxygens (including phenoxy) is 1. The van der Waals surface area contributed by atoms with Crippen LogP contribution in [0.5, 0.6) is 0 Å². The highest BCUT2D eigenvalue weighted by Crippen LogP contribution is 2.24. The number of rotatable bonds is 3. The van der Waals surface area contributed by atoms with Crippen LogP contribution in [0.15, 0.2) is 11.6 Å². The molecular formula is C14H25NO. The molecule has 92 valence electrons. The van der Waals surface area contributed by atoms with Gasteiger partial charge in [0, 0.05) is 12.6 Å². The summed E-state index contributed by atoms with van der Waals surface area (Å²) in [5.41, 5.74) is 7.79. The van der Waals surface area contributed by atoms with E-state index in [9.17, 15) is 0 Å². The molecule has 2 unspecified atom stereocenters. The lowest BCUT2D eigenvalue weighted by Gasteiger charge is -2.26. The maximum absolute atomic E-state index is 6.30. The van der Waals surface area contributed by atoms with Crippen molar-refractivity contribution in [2.75, 3.05) is 6.61 Å². The largest absolute Gasteiger partial charge is 0.378 e. The third-order valence-electron chi connectivity index (χ3n) is 3.84. The van der Waals surface area contributed by atoms with Crippen LogP contribution >= 0.6 is 0 Å². The average Bonchev–Trinajstić information content (AvgIpc) is 2.59. The molecule has 1 aliphatic heterocycles. The molecule has 0 bridgehead atoms. The third kappa shape index (κ3) is 3.60. The van der Waals surface area contributed by atoms with Crippen molar-refractivity contribution in [3.63, 3.8) is 0 Å². The Kier molecular flexibility index (Phi) is 4.86. The molecule has 0 aromatic rings. The predicted molar refractivity (Wildman–Crippen MR) is 67.4 cm³/mol.